The number of hydrogen-bond donors (Lipinski definition) is 6. The molecule has 0 saturated carbocycles. The zero-order valence-electron chi connectivity index (χ0n) is 34.5. The highest BCUT2D eigenvalue weighted by Gasteiger charge is 2.23. The Morgan fingerprint density at radius 1 is 0.677 bits per heavy atom. The number of aliphatic hydroxyl groups is 2. The van der Waals surface area contributed by atoms with Crippen LogP contribution in [0.4, 0.5) is 0 Å². The maximum absolute atomic E-state index is 11.0. The first-order chi connectivity index (χ1) is 29.8. The number of halogens is 2. The van der Waals surface area contributed by atoms with Crippen molar-refractivity contribution in [1.29, 1.82) is 0 Å². The molecule has 18 heteroatoms. The van der Waals surface area contributed by atoms with E-state index in [9.17, 15) is 19.8 Å². The number of pyridine rings is 2. The number of carboxylic acid groups (broad SMARTS) is 2. The third-order valence-corrected chi connectivity index (χ3v) is 11.6. The molecule has 2 saturated heterocycles. The molecular formula is C44H52Br2N4O12. The van der Waals surface area contributed by atoms with Crippen molar-refractivity contribution in [2.75, 3.05) is 39.5 Å². The molecule has 62 heavy (non-hydrogen) atoms. The van der Waals surface area contributed by atoms with Crippen LogP contribution in [0.25, 0.3) is 11.1 Å². The molecule has 2 aliphatic rings. The fourth-order valence-electron chi connectivity index (χ4n) is 6.72. The van der Waals surface area contributed by atoms with E-state index in [1.807, 2.05) is 36.4 Å². The minimum Gasteiger partial charge on any atom is -0.481 e. The van der Waals surface area contributed by atoms with Gasteiger partial charge in [0.2, 0.25) is 23.5 Å². The molecule has 4 aromatic rings. The van der Waals surface area contributed by atoms with Gasteiger partial charge in [0.05, 0.1) is 46.2 Å². The Kier molecular flexibility index (Phi) is 17.3. The molecule has 334 valence electrons. The van der Waals surface area contributed by atoms with Crippen LogP contribution in [0.5, 0.6) is 23.5 Å². The number of carboxylic acids is 2. The van der Waals surface area contributed by atoms with Gasteiger partial charge in [0.15, 0.2) is 0 Å². The Morgan fingerprint density at radius 2 is 1.08 bits per heavy atom. The Balaban J connectivity index is 1.13. The number of carbonyl (C=O) groups is 2. The summed E-state index contributed by atoms with van der Waals surface area (Å²) in [5.74, 6) is -0.762. The number of aromatic nitrogens is 2. The molecular weight excluding hydrogens is 936 g/mol. The number of nitrogens with one attached hydrogen (secondary N) is 2. The number of aliphatic hydroxyl groups excluding tert-OH is 2. The minimum absolute atomic E-state index is 0.0215. The Hall–Kier alpha value is -4.40. The molecule has 4 unspecified atom stereocenters. The van der Waals surface area contributed by atoms with E-state index in [0.29, 0.717) is 70.0 Å². The molecule has 0 radical (unpaired) electrons. The van der Waals surface area contributed by atoms with E-state index in [0.717, 1.165) is 46.2 Å². The van der Waals surface area contributed by atoms with Gasteiger partial charge < -0.3 is 59.5 Å². The molecule has 0 bridgehead atoms. The Labute approximate surface area is 376 Å². The van der Waals surface area contributed by atoms with E-state index in [1.54, 1.807) is 0 Å². The van der Waals surface area contributed by atoms with Crippen molar-refractivity contribution >= 4 is 43.8 Å². The molecule has 4 atom stereocenters. The quantitative estimate of drug-likeness (QED) is 0.0474. The average Bonchev–Trinajstić information content (AvgIpc) is 3.17. The maximum atomic E-state index is 11.0. The summed E-state index contributed by atoms with van der Waals surface area (Å²) in [5, 5.41) is 44.1. The summed E-state index contributed by atoms with van der Waals surface area (Å²) in [5.41, 5.74) is 7.46. The van der Waals surface area contributed by atoms with Crippen LogP contribution in [0.2, 0.25) is 0 Å². The second-order valence-electron chi connectivity index (χ2n) is 15.2. The largest absolute Gasteiger partial charge is 0.481 e. The fourth-order valence-corrected chi connectivity index (χ4v) is 7.68. The van der Waals surface area contributed by atoms with Crippen molar-refractivity contribution in [2.45, 2.75) is 90.2 Å². The second kappa shape index (κ2) is 22.8. The minimum atomic E-state index is -1.08. The molecule has 2 fully saturated rings. The van der Waals surface area contributed by atoms with Crippen LogP contribution in [0.3, 0.4) is 0 Å². The van der Waals surface area contributed by atoms with Crippen molar-refractivity contribution in [3.63, 3.8) is 0 Å². The van der Waals surface area contributed by atoms with Crippen LogP contribution in [-0.2, 0) is 45.4 Å². The van der Waals surface area contributed by atoms with Crippen LogP contribution in [0.15, 0.2) is 57.5 Å². The summed E-state index contributed by atoms with van der Waals surface area (Å²) in [7, 11) is 0. The predicted molar refractivity (Wildman–Crippen MR) is 234 cm³/mol. The van der Waals surface area contributed by atoms with Crippen LogP contribution in [0, 0.1) is 13.8 Å². The molecule has 2 aromatic heterocycles. The number of aliphatic carboxylic acids is 2. The number of benzene rings is 2. The van der Waals surface area contributed by atoms with Gasteiger partial charge in [-0.2, -0.15) is 9.97 Å². The van der Waals surface area contributed by atoms with E-state index in [-0.39, 0.29) is 64.4 Å². The molecule has 6 rings (SSSR count). The Morgan fingerprint density at radius 3 is 1.44 bits per heavy atom. The van der Waals surface area contributed by atoms with Gasteiger partial charge in [0, 0.05) is 63.4 Å². The first-order valence-corrected chi connectivity index (χ1v) is 21.9. The van der Waals surface area contributed by atoms with Crippen molar-refractivity contribution in [3.8, 4) is 34.6 Å². The molecule has 0 aliphatic carbocycles. The smallest absolute Gasteiger partial charge is 0.306 e. The zero-order valence-corrected chi connectivity index (χ0v) is 37.7. The third kappa shape index (κ3) is 13.3. The van der Waals surface area contributed by atoms with E-state index >= 15 is 0 Å². The lowest BCUT2D eigenvalue weighted by Crippen LogP contribution is -2.33. The molecule has 16 nitrogen and oxygen atoms in total. The van der Waals surface area contributed by atoms with E-state index in [1.165, 1.54) is 0 Å². The van der Waals surface area contributed by atoms with Gasteiger partial charge in [-0.1, -0.05) is 36.4 Å². The van der Waals surface area contributed by atoms with Gasteiger partial charge in [-0.15, -0.1) is 0 Å². The zero-order chi connectivity index (χ0) is 44.2. The Bertz CT molecular complexity index is 2020. The van der Waals surface area contributed by atoms with Crippen LogP contribution >= 0.6 is 31.9 Å². The molecule has 2 aliphatic heterocycles. The predicted octanol–water partition coefficient (Wildman–Crippen LogP) is 5.63. The molecule has 0 amide bonds. The van der Waals surface area contributed by atoms with Gasteiger partial charge in [-0.25, -0.2) is 0 Å². The van der Waals surface area contributed by atoms with E-state index in [4.69, 9.17) is 48.6 Å². The van der Waals surface area contributed by atoms with Gasteiger partial charge in [-0.05, 0) is 91.2 Å². The normalized spacial score (nSPS) is 16.7. The lowest BCUT2D eigenvalue weighted by Gasteiger charge is -2.26. The molecule has 4 heterocycles. The highest BCUT2D eigenvalue weighted by Crippen LogP contribution is 2.35. The van der Waals surface area contributed by atoms with E-state index in [2.05, 4.69) is 68.5 Å². The molecule has 6 N–H and O–H groups in total. The number of ether oxygens (including phenoxy) is 6. The average molecular weight is 989 g/mol. The summed E-state index contributed by atoms with van der Waals surface area (Å²) in [6.45, 7) is 7.31. The standard InChI is InChI=1S/C44H52Br2N4O12/c1-25-27(21-59-43-37(45)13-29(17-47-19-31(51)15-39(53)54)41(49-43)61-23-33-9-11-57-33)5-3-7-35(25)36-8-4-6-28(26(36)2)22-60-44-38(46)14-30(18-48-20-32(52)16-40(55)56)42(50-44)62-24-34-10-12-58-34/h3-8,13-14,31-34,47-48,51-52H,9-12,15-24H2,1-2H3,(H,53,54)(H,55,56). The lowest BCUT2D eigenvalue weighted by molar-refractivity contribution is -0.140. The monoisotopic (exact) mass is 986 g/mol. The van der Waals surface area contributed by atoms with Crippen molar-refractivity contribution in [2.24, 2.45) is 0 Å². The van der Waals surface area contributed by atoms with Gasteiger partial charge >= 0.3 is 11.9 Å². The lowest BCUT2D eigenvalue weighted by atomic mass is 9.92. The van der Waals surface area contributed by atoms with Gasteiger partial charge in [0.1, 0.15) is 26.4 Å². The summed E-state index contributed by atoms with van der Waals surface area (Å²) in [6, 6.07) is 15.8. The van der Waals surface area contributed by atoms with Crippen molar-refractivity contribution < 1.29 is 58.4 Å². The van der Waals surface area contributed by atoms with Gasteiger partial charge in [0.25, 0.3) is 0 Å². The third-order valence-electron chi connectivity index (χ3n) is 10.5. The number of hydrogen-bond acceptors (Lipinski definition) is 14. The number of nitrogens with zero attached hydrogens (tertiary/aromatic N) is 2. The summed E-state index contributed by atoms with van der Waals surface area (Å²) in [4.78, 5) is 31.3. The van der Waals surface area contributed by atoms with Crippen LogP contribution in [-0.4, -0.2) is 106 Å². The highest BCUT2D eigenvalue weighted by atomic mass is 79.9. The van der Waals surface area contributed by atoms with Crippen LogP contribution in [0.1, 0.15) is 59.1 Å². The fraction of sp³-hybridized carbons (Fsp3) is 0.455. The van der Waals surface area contributed by atoms with Crippen LogP contribution < -0.4 is 29.6 Å². The van der Waals surface area contributed by atoms with Crippen molar-refractivity contribution in [3.05, 3.63) is 90.9 Å². The molecule has 0 spiro atoms. The maximum Gasteiger partial charge on any atom is 0.306 e. The first kappa shape index (κ1) is 47.1. The summed E-state index contributed by atoms with van der Waals surface area (Å²) in [6.07, 6.45) is -1.06. The molecule has 2 aromatic carbocycles. The second-order valence-corrected chi connectivity index (χ2v) is 16.9. The first-order valence-electron chi connectivity index (χ1n) is 20.4. The topological polar surface area (TPSA) is 220 Å². The van der Waals surface area contributed by atoms with Gasteiger partial charge in [-0.3, -0.25) is 9.59 Å². The summed E-state index contributed by atoms with van der Waals surface area (Å²) >= 11 is 7.20. The van der Waals surface area contributed by atoms with Crippen molar-refractivity contribution in [1.82, 2.24) is 20.6 Å². The summed E-state index contributed by atoms with van der Waals surface area (Å²) < 4.78 is 37.0. The SMILES string of the molecule is Cc1c(COc2nc(OCC3CCO3)c(CNCC(O)CC(=O)O)cc2Br)cccc1-c1cccc(COc2nc(OCC3CCO3)c(CNCC(O)CC(=O)O)cc2Br)c1C. The van der Waals surface area contributed by atoms with E-state index < -0.39 is 24.1 Å². The highest BCUT2D eigenvalue weighted by molar-refractivity contribution is 9.10. The number of rotatable bonds is 25.